The molecule has 0 aliphatic carbocycles. The molecule has 6 heteroatoms. The van der Waals surface area contributed by atoms with Crippen LogP contribution >= 0.6 is 0 Å². The number of aryl methyl sites for hydroxylation is 1. The van der Waals surface area contributed by atoms with Gasteiger partial charge in [0.2, 0.25) is 11.8 Å². The second-order valence-corrected chi connectivity index (χ2v) is 4.78. The van der Waals surface area contributed by atoms with Crippen LogP contribution in [0.3, 0.4) is 0 Å². The molecule has 0 spiro atoms. The highest BCUT2D eigenvalue weighted by atomic mass is 19.1. The van der Waals surface area contributed by atoms with E-state index in [0.29, 0.717) is 16.8 Å². The molecule has 0 bridgehead atoms. The van der Waals surface area contributed by atoms with E-state index in [9.17, 15) is 14.0 Å². The Morgan fingerprint density at radius 2 is 1.89 bits per heavy atom. The smallest absolute Gasteiger partial charge is 0.246 e. The molecule has 1 aromatic rings. The Morgan fingerprint density at radius 1 is 1.32 bits per heavy atom. The first kappa shape index (κ1) is 13.5. The Bertz CT molecular complexity index is 527. The molecule has 1 saturated heterocycles. The minimum absolute atomic E-state index is 0.0660. The monoisotopic (exact) mass is 265 g/mol. The number of benzene rings is 1. The fourth-order valence-corrected chi connectivity index (χ4v) is 2.13. The summed E-state index contributed by atoms with van der Waals surface area (Å²) in [7, 11) is 0. The first-order valence-corrected chi connectivity index (χ1v) is 6.01. The summed E-state index contributed by atoms with van der Waals surface area (Å²) in [5, 5.41) is 2.23. The molecule has 102 valence electrons. The third kappa shape index (κ3) is 2.73. The summed E-state index contributed by atoms with van der Waals surface area (Å²) in [6, 6.07) is 2.61. The summed E-state index contributed by atoms with van der Waals surface area (Å²) in [5.74, 6) is -1.08. The molecule has 1 fully saturated rings. The van der Waals surface area contributed by atoms with Gasteiger partial charge in [-0.3, -0.25) is 14.9 Å². The highest BCUT2D eigenvalue weighted by Crippen LogP contribution is 2.28. The van der Waals surface area contributed by atoms with Crippen molar-refractivity contribution in [2.75, 3.05) is 18.0 Å². The number of halogens is 1. The fraction of sp³-hybridized carbons (Fsp3) is 0.385. The van der Waals surface area contributed by atoms with Gasteiger partial charge in [-0.2, -0.15) is 0 Å². The van der Waals surface area contributed by atoms with Crippen LogP contribution < -0.4 is 16.0 Å². The third-order valence-corrected chi connectivity index (χ3v) is 3.09. The molecule has 2 rings (SSSR count). The lowest BCUT2D eigenvalue weighted by Crippen LogP contribution is -2.51. The zero-order valence-corrected chi connectivity index (χ0v) is 10.9. The van der Waals surface area contributed by atoms with Crippen LogP contribution in [-0.4, -0.2) is 24.9 Å². The largest absolute Gasteiger partial charge is 0.353 e. The first-order valence-electron chi connectivity index (χ1n) is 6.01. The highest BCUT2D eigenvalue weighted by Gasteiger charge is 2.25. The van der Waals surface area contributed by atoms with Crippen molar-refractivity contribution in [1.29, 1.82) is 0 Å². The summed E-state index contributed by atoms with van der Waals surface area (Å²) < 4.78 is 13.6. The minimum Gasteiger partial charge on any atom is -0.353 e. The van der Waals surface area contributed by atoms with E-state index in [1.807, 2.05) is 0 Å². The Hall–Kier alpha value is -1.95. The van der Waals surface area contributed by atoms with E-state index in [0.717, 1.165) is 0 Å². The standard InChI is InChI=1S/C13H16FN3O2/c1-7-3-11(9(8(2)15)4-10(7)14)17-5-12(18)16-13(19)6-17/h3-4,8H,5-6,15H2,1-2H3,(H,16,18,19)/t8-/m0/s1. The molecule has 1 aliphatic heterocycles. The molecule has 1 heterocycles. The number of nitrogens with zero attached hydrogens (tertiary/aromatic N) is 1. The van der Waals surface area contributed by atoms with Gasteiger partial charge in [0.05, 0.1) is 13.1 Å². The molecule has 0 radical (unpaired) electrons. The van der Waals surface area contributed by atoms with Gasteiger partial charge in [-0.15, -0.1) is 0 Å². The van der Waals surface area contributed by atoms with Crippen LogP contribution in [0.5, 0.6) is 0 Å². The number of hydrogen-bond donors (Lipinski definition) is 2. The summed E-state index contributed by atoms with van der Waals surface area (Å²) in [6.45, 7) is 3.50. The van der Waals surface area contributed by atoms with Gasteiger partial charge in [0, 0.05) is 11.7 Å². The number of carbonyl (C=O) groups excluding carboxylic acids is 2. The van der Waals surface area contributed by atoms with E-state index < -0.39 is 0 Å². The zero-order chi connectivity index (χ0) is 14.2. The van der Waals surface area contributed by atoms with Crippen LogP contribution in [0.15, 0.2) is 12.1 Å². The lowest BCUT2D eigenvalue weighted by molar-refractivity contribution is -0.130. The van der Waals surface area contributed by atoms with Crippen molar-refractivity contribution in [3.8, 4) is 0 Å². The predicted octanol–water partition coefficient (Wildman–Crippen LogP) is 0.617. The molecule has 0 aromatic heterocycles. The quantitative estimate of drug-likeness (QED) is 0.769. The molecular formula is C13H16FN3O2. The maximum atomic E-state index is 13.6. The topological polar surface area (TPSA) is 75.4 Å². The third-order valence-electron chi connectivity index (χ3n) is 3.09. The maximum absolute atomic E-state index is 13.6. The normalized spacial score (nSPS) is 17.4. The molecule has 0 saturated carbocycles. The van der Waals surface area contributed by atoms with E-state index in [1.165, 1.54) is 6.07 Å². The summed E-state index contributed by atoms with van der Waals surface area (Å²) >= 11 is 0. The van der Waals surface area contributed by atoms with E-state index in [-0.39, 0.29) is 36.8 Å². The lowest BCUT2D eigenvalue weighted by Gasteiger charge is -2.30. The van der Waals surface area contributed by atoms with Crippen LogP contribution in [0.1, 0.15) is 24.1 Å². The average Bonchev–Trinajstić information content (AvgIpc) is 2.30. The van der Waals surface area contributed by atoms with Crippen molar-refractivity contribution in [1.82, 2.24) is 5.32 Å². The Kier molecular flexibility index (Phi) is 3.53. The maximum Gasteiger partial charge on any atom is 0.246 e. The Balaban J connectivity index is 2.45. The number of imide groups is 1. The lowest BCUT2D eigenvalue weighted by atomic mass is 10.0. The molecular weight excluding hydrogens is 249 g/mol. The molecule has 3 N–H and O–H groups in total. The van der Waals surface area contributed by atoms with Crippen molar-refractivity contribution >= 4 is 17.5 Å². The summed E-state index contributed by atoms with van der Waals surface area (Å²) in [5.41, 5.74) is 7.51. The second kappa shape index (κ2) is 4.97. The van der Waals surface area contributed by atoms with Gasteiger partial charge in [0.15, 0.2) is 0 Å². The van der Waals surface area contributed by atoms with Gasteiger partial charge in [-0.1, -0.05) is 0 Å². The fourth-order valence-electron chi connectivity index (χ4n) is 2.13. The number of rotatable bonds is 2. The van der Waals surface area contributed by atoms with E-state index in [2.05, 4.69) is 5.32 Å². The highest BCUT2D eigenvalue weighted by molar-refractivity contribution is 6.02. The van der Waals surface area contributed by atoms with Gasteiger partial charge in [0.25, 0.3) is 0 Å². The predicted molar refractivity (Wildman–Crippen MR) is 69.1 cm³/mol. The van der Waals surface area contributed by atoms with Gasteiger partial charge in [0.1, 0.15) is 5.82 Å². The van der Waals surface area contributed by atoms with Gasteiger partial charge >= 0.3 is 0 Å². The van der Waals surface area contributed by atoms with E-state index in [1.54, 1.807) is 24.8 Å². The average molecular weight is 265 g/mol. The van der Waals surface area contributed by atoms with Crippen LogP contribution in [0.25, 0.3) is 0 Å². The first-order chi connectivity index (χ1) is 8.88. The van der Waals surface area contributed by atoms with Crippen molar-refractivity contribution in [3.63, 3.8) is 0 Å². The van der Waals surface area contributed by atoms with E-state index >= 15 is 0 Å². The van der Waals surface area contributed by atoms with Crippen LogP contribution in [0, 0.1) is 12.7 Å². The van der Waals surface area contributed by atoms with Crippen molar-refractivity contribution in [2.45, 2.75) is 19.9 Å². The number of nitrogens with one attached hydrogen (secondary N) is 1. The van der Waals surface area contributed by atoms with Crippen molar-refractivity contribution in [3.05, 3.63) is 29.1 Å². The molecule has 1 aromatic carbocycles. The van der Waals surface area contributed by atoms with Crippen molar-refractivity contribution in [2.24, 2.45) is 5.73 Å². The van der Waals surface area contributed by atoms with Crippen LogP contribution in [0.4, 0.5) is 10.1 Å². The van der Waals surface area contributed by atoms with E-state index in [4.69, 9.17) is 5.73 Å². The Labute approximate surface area is 110 Å². The number of nitrogens with two attached hydrogens (primary N) is 1. The summed E-state index contributed by atoms with van der Waals surface area (Å²) in [6.07, 6.45) is 0. The molecule has 5 nitrogen and oxygen atoms in total. The summed E-state index contributed by atoms with van der Waals surface area (Å²) in [4.78, 5) is 24.4. The molecule has 1 atom stereocenters. The second-order valence-electron chi connectivity index (χ2n) is 4.78. The van der Waals surface area contributed by atoms with Crippen molar-refractivity contribution < 1.29 is 14.0 Å². The number of amides is 2. The van der Waals surface area contributed by atoms with Gasteiger partial charge < -0.3 is 10.6 Å². The molecule has 19 heavy (non-hydrogen) atoms. The number of hydrogen-bond acceptors (Lipinski definition) is 4. The molecule has 0 unspecified atom stereocenters. The Morgan fingerprint density at radius 3 is 2.42 bits per heavy atom. The number of carbonyl (C=O) groups is 2. The van der Waals surface area contributed by atoms with Gasteiger partial charge in [-0.25, -0.2) is 4.39 Å². The van der Waals surface area contributed by atoms with Crippen LogP contribution in [0.2, 0.25) is 0 Å². The zero-order valence-electron chi connectivity index (χ0n) is 10.9. The number of anilines is 1. The molecule has 1 aliphatic rings. The van der Waals surface area contributed by atoms with Gasteiger partial charge in [-0.05, 0) is 37.1 Å². The minimum atomic E-state index is -0.384. The molecule has 2 amide bonds. The van der Waals surface area contributed by atoms with Crippen LogP contribution in [-0.2, 0) is 9.59 Å². The number of piperazine rings is 1. The SMILES string of the molecule is Cc1cc(N2CC(=O)NC(=O)C2)c([C@H](C)N)cc1F.